The molecule has 4 rings (SSSR count). The van der Waals surface area contributed by atoms with Crippen molar-refractivity contribution in [3.63, 3.8) is 0 Å². The van der Waals surface area contributed by atoms with Crippen LogP contribution in [0.15, 0.2) is 78.9 Å². The Labute approximate surface area is 179 Å². The van der Waals surface area contributed by atoms with E-state index in [1.165, 1.54) is 7.11 Å². The third-order valence-corrected chi connectivity index (χ3v) is 5.39. The van der Waals surface area contributed by atoms with Crippen molar-refractivity contribution in [3.05, 3.63) is 95.0 Å². The summed E-state index contributed by atoms with van der Waals surface area (Å²) in [5, 5.41) is 7.10. The molecule has 0 radical (unpaired) electrons. The maximum absolute atomic E-state index is 13.4. The number of amides is 1. The van der Waals surface area contributed by atoms with Crippen molar-refractivity contribution >= 4 is 45.0 Å². The summed E-state index contributed by atoms with van der Waals surface area (Å²) in [6, 6.07) is 23.9. The fourth-order valence-electron chi connectivity index (χ4n) is 3.68. The summed E-state index contributed by atoms with van der Waals surface area (Å²) >= 11 is 5.95. The number of fused-ring (bicyclic) bond motifs is 2. The highest BCUT2D eigenvalue weighted by Gasteiger charge is 2.24. The van der Waals surface area contributed by atoms with Gasteiger partial charge in [0.25, 0.3) is 5.91 Å². The van der Waals surface area contributed by atoms with Gasteiger partial charge in [-0.2, -0.15) is 0 Å². The maximum atomic E-state index is 13.4. The van der Waals surface area contributed by atoms with Crippen molar-refractivity contribution in [2.24, 2.45) is 0 Å². The lowest BCUT2D eigenvalue weighted by molar-refractivity contribution is -0.142. The monoisotopic (exact) mass is 417 g/mol. The highest BCUT2D eigenvalue weighted by atomic mass is 35.5. The Morgan fingerprint density at radius 2 is 1.47 bits per heavy atom. The molecular weight excluding hydrogens is 398 g/mol. The van der Waals surface area contributed by atoms with Crippen LogP contribution in [0, 0.1) is 0 Å². The quantitative estimate of drug-likeness (QED) is 0.360. The van der Waals surface area contributed by atoms with Crippen molar-refractivity contribution in [2.45, 2.75) is 12.5 Å². The molecule has 0 aliphatic heterocycles. The Kier molecular flexibility index (Phi) is 5.68. The Hall–Kier alpha value is -3.37. The number of hydrogen-bond donors (Lipinski definition) is 1. The van der Waals surface area contributed by atoms with E-state index in [2.05, 4.69) is 11.4 Å². The van der Waals surface area contributed by atoms with E-state index in [4.69, 9.17) is 16.3 Å². The molecule has 0 aliphatic carbocycles. The van der Waals surface area contributed by atoms with Crippen LogP contribution in [0.5, 0.6) is 0 Å². The summed E-state index contributed by atoms with van der Waals surface area (Å²) in [5.74, 6) is -0.810. The Bertz CT molecular complexity index is 1180. The van der Waals surface area contributed by atoms with Crippen LogP contribution in [0.4, 0.5) is 0 Å². The van der Waals surface area contributed by atoms with Crippen LogP contribution < -0.4 is 5.32 Å². The average molecular weight is 418 g/mol. The highest BCUT2D eigenvalue weighted by Crippen LogP contribution is 2.28. The number of esters is 1. The van der Waals surface area contributed by atoms with Crippen LogP contribution in [0.1, 0.15) is 15.9 Å². The molecule has 30 heavy (non-hydrogen) atoms. The van der Waals surface area contributed by atoms with Crippen LogP contribution in [0.3, 0.4) is 0 Å². The summed E-state index contributed by atoms with van der Waals surface area (Å²) < 4.78 is 4.94. The molecule has 4 nitrogen and oxygen atoms in total. The van der Waals surface area contributed by atoms with Gasteiger partial charge in [0.15, 0.2) is 0 Å². The maximum Gasteiger partial charge on any atom is 0.328 e. The van der Waals surface area contributed by atoms with Gasteiger partial charge in [-0.1, -0.05) is 72.3 Å². The van der Waals surface area contributed by atoms with Gasteiger partial charge >= 0.3 is 5.97 Å². The molecule has 4 aromatic rings. The number of methoxy groups -OCH3 is 1. The number of ether oxygens (including phenoxy) is 1. The first-order chi connectivity index (χ1) is 14.6. The first kappa shape index (κ1) is 19.9. The lowest BCUT2D eigenvalue weighted by Gasteiger charge is -2.18. The molecule has 0 aliphatic rings. The second kappa shape index (κ2) is 8.56. The highest BCUT2D eigenvalue weighted by molar-refractivity contribution is 6.30. The molecule has 0 saturated carbocycles. The van der Waals surface area contributed by atoms with E-state index in [1.54, 1.807) is 12.1 Å². The van der Waals surface area contributed by atoms with Crippen molar-refractivity contribution < 1.29 is 14.3 Å². The molecule has 0 aromatic heterocycles. The second-order valence-electron chi connectivity index (χ2n) is 7.07. The van der Waals surface area contributed by atoms with Crippen LogP contribution >= 0.6 is 11.6 Å². The predicted molar refractivity (Wildman–Crippen MR) is 120 cm³/mol. The summed E-state index contributed by atoms with van der Waals surface area (Å²) in [5.41, 5.74) is 1.42. The number of rotatable bonds is 5. The minimum absolute atomic E-state index is 0.304. The topological polar surface area (TPSA) is 55.4 Å². The number of benzene rings is 4. The van der Waals surface area contributed by atoms with E-state index >= 15 is 0 Å². The third-order valence-electron chi connectivity index (χ3n) is 5.14. The summed E-state index contributed by atoms with van der Waals surface area (Å²) in [6.07, 6.45) is 0.304. The SMILES string of the molecule is COC(=O)[C@H](Cc1ccc(Cl)cc1)NC(=O)c1c2ccccc2cc2ccccc12. The Morgan fingerprint density at radius 3 is 2.03 bits per heavy atom. The van der Waals surface area contributed by atoms with Gasteiger partial charge in [-0.25, -0.2) is 4.79 Å². The van der Waals surface area contributed by atoms with E-state index in [1.807, 2.05) is 60.7 Å². The molecule has 0 unspecified atom stereocenters. The van der Waals surface area contributed by atoms with E-state index in [-0.39, 0.29) is 5.91 Å². The van der Waals surface area contributed by atoms with Crippen LogP contribution in [-0.2, 0) is 16.0 Å². The molecular formula is C25H20ClNO3. The number of carbonyl (C=O) groups excluding carboxylic acids is 2. The molecule has 0 fully saturated rings. The summed E-state index contributed by atoms with van der Waals surface area (Å²) in [4.78, 5) is 25.8. The van der Waals surface area contributed by atoms with Crippen molar-refractivity contribution in [3.8, 4) is 0 Å². The first-order valence-corrected chi connectivity index (χ1v) is 9.98. The van der Waals surface area contributed by atoms with E-state index in [9.17, 15) is 9.59 Å². The molecule has 0 bridgehead atoms. The second-order valence-corrected chi connectivity index (χ2v) is 7.51. The zero-order chi connectivity index (χ0) is 21.1. The molecule has 4 aromatic carbocycles. The third kappa shape index (κ3) is 4.00. The number of hydrogen-bond acceptors (Lipinski definition) is 3. The fraction of sp³-hybridized carbons (Fsp3) is 0.120. The lowest BCUT2D eigenvalue weighted by Crippen LogP contribution is -2.43. The van der Waals surface area contributed by atoms with Crippen molar-refractivity contribution in [2.75, 3.05) is 7.11 Å². The van der Waals surface area contributed by atoms with E-state index < -0.39 is 12.0 Å². The van der Waals surface area contributed by atoms with E-state index in [0.717, 1.165) is 27.1 Å². The molecule has 0 saturated heterocycles. The van der Waals surface area contributed by atoms with Crippen LogP contribution in [0.2, 0.25) is 5.02 Å². The van der Waals surface area contributed by atoms with Gasteiger partial charge in [-0.3, -0.25) is 4.79 Å². The number of nitrogens with one attached hydrogen (secondary N) is 1. The van der Waals surface area contributed by atoms with E-state index in [0.29, 0.717) is 17.0 Å². The smallest absolute Gasteiger partial charge is 0.328 e. The van der Waals surface area contributed by atoms with Crippen LogP contribution in [-0.4, -0.2) is 25.0 Å². The zero-order valence-electron chi connectivity index (χ0n) is 16.4. The Balaban J connectivity index is 1.74. The standard InChI is InChI=1S/C25H20ClNO3/c1-30-25(29)22(14-16-10-12-19(26)13-11-16)27-24(28)23-20-8-4-2-6-17(20)15-18-7-3-5-9-21(18)23/h2-13,15,22H,14H2,1H3,(H,27,28)/t22-/m0/s1. The normalized spacial score (nSPS) is 11.9. The van der Waals surface area contributed by atoms with Gasteiger partial charge in [0, 0.05) is 11.4 Å². The van der Waals surface area contributed by atoms with Crippen molar-refractivity contribution in [1.29, 1.82) is 0 Å². The minimum atomic E-state index is -0.818. The predicted octanol–water partition coefficient (Wildman–Crippen LogP) is 5.16. The molecule has 5 heteroatoms. The Morgan fingerprint density at radius 1 is 0.900 bits per heavy atom. The first-order valence-electron chi connectivity index (χ1n) is 9.60. The number of halogens is 1. The van der Waals surface area contributed by atoms with Gasteiger partial charge in [-0.05, 0) is 45.3 Å². The van der Waals surface area contributed by atoms with Gasteiger partial charge < -0.3 is 10.1 Å². The molecule has 0 heterocycles. The summed E-state index contributed by atoms with van der Waals surface area (Å²) in [7, 11) is 1.32. The molecule has 1 N–H and O–H groups in total. The van der Waals surface area contributed by atoms with Gasteiger partial charge in [0.05, 0.1) is 12.7 Å². The lowest BCUT2D eigenvalue weighted by atomic mass is 9.96. The minimum Gasteiger partial charge on any atom is -0.467 e. The molecule has 150 valence electrons. The average Bonchev–Trinajstić information content (AvgIpc) is 2.77. The summed E-state index contributed by atoms with van der Waals surface area (Å²) in [6.45, 7) is 0. The molecule has 1 atom stereocenters. The van der Waals surface area contributed by atoms with Crippen molar-refractivity contribution in [1.82, 2.24) is 5.32 Å². The van der Waals surface area contributed by atoms with Gasteiger partial charge in [-0.15, -0.1) is 0 Å². The molecule has 0 spiro atoms. The van der Waals surface area contributed by atoms with Gasteiger partial charge in [0.2, 0.25) is 0 Å². The largest absolute Gasteiger partial charge is 0.467 e. The fourth-order valence-corrected chi connectivity index (χ4v) is 3.81. The molecule has 1 amide bonds. The zero-order valence-corrected chi connectivity index (χ0v) is 17.1. The number of carbonyl (C=O) groups is 2. The van der Waals surface area contributed by atoms with Crippen LogP contribution in [0.25, 0.3) is 21.5 Å². The van der Waals surface area contributed by atoms with Gasteiger partial charge in [0.1, 0.15) is 6.04 Å².